The Morgan fingerprint density at radius 2 is 2.29 bits per heavy atom. The number of anilines is 1. The average Bonchev–Trinajstić information content (AvgIpc) is 2.39. The van der Waals surface area contributed by atoms with Crippen LogP contribution in [0, 0.1) is 0 Å². The van der Waals surface area contributed by atoms with E-state index < -0.39 is 0 Å². The van der Waals surface area contributed by atoms with Crippen molar-refractivity contribution in [3.63, 3.8) is 0 Å². The van der Waals surface area contributed by atoms with Crippen molar-refractivity contribution in [2.75, 3.05) is 11.4 Å². The molecular formula is C13H12N2O2. The second-order valence-electron chi connectivity index (χ2n) is 3.74. The van der Waals surface area contributed by atoms with E-state index in [0.717, 1.165) is 11.3 Å². The fourth-order valence-electron chi connectivity index (χ4n) is 1.59. The maximum Gasteiger partial charge on any atom is 0.168 e. The number of rotatable bonds is 3. The summed E-state index contributed by atoms with van der Waals surface area (Å²) in [6.45, 7) is 2.18. The van der Waals surface area contributed by atoms with Gasteiger partial charge in [0.25, 0.3) is 0 Å². The molecule has 0 N–H and O–H groups in total. The lowest BCUT2D eigenvalue weighted by atomic mass is 10.1. The van der Waals surface area contributed by atoms with Crippen LogP contribution in [0.3, 0.4) is 0 Å². The van der Waals surface area contributed by atoms with Crippen LogP contribution in [0.5, 0.6) is 0 Å². The van der Waals surface area contributed by atoms with Crippen LogP contribution in [0.15, 0.2) is 42.3 Å². The lowest BCUT2D eigenvalue weighted by molar-refractivity contribution is -0.113. The molecule has 1 aromatic heterocycles. The number of hydrogen-bond donors (Lipinski definition) is 0. The molecule has 0 atom stereocenters. The van der Waals surface area contributed by atoms with Gasteiger partial charge in [-0.1, -0.05) is 6.08 Å². The van der Waals surface area contributed by atoms with Crippen LogP contribution in [0.25, 0.3) is 0 Å². The minimum atomic E-state index is 0.0651. The van der Waals surface area contributed by atoms with Crippen LogP contribution in [-0.2, 0) is 4.79 Å². The summed E-state index contributed by atoms with van der Waals surface area (Å²) in [7, 11) is 0. The van der Waals surface area contributed by atoms with E-state index in [-0.39, 0.29) is 5.78 Å². The average molecular weight is 228 g/mol. The molecule has 86 valence electrons. The second kappa shape index (κ2) is 4.74. The van der Waals surface area contributed by atoms with Gasteiger partial charge in [-0.25, -0.2) is 0 Å². The summed E-state index contributed by atoms with van der Waals surface area (Å²) in [6, 6.07) is 3.49. The molecular weight excluding hydrogens is 216 g/mol. The third kappa shape index (κ3) is 2.47. The summed E-state index contributed by atoms with van der Waals surface area (Å²) in [4.78, 5) is 27.6. The highest BCUT2D eigenvalue weighted by Crippen LogP contribution is 2.17. The zero-order valence-corrected chi connectivity index (χ0v) is 9.46. The summed E-state index contributed by atoms with van der Waals surface area (Å²) >= 11 is 0. The number of aldehydes is 1. The minimum absolute atomic E-state index is 0.0651. The Morgan fingerprint density at radius 3 is 2.76 bits per heavy atom. The van der Waals surface area contributed by atoms with E-state index >= 15 is 0 Å². The lowest BCUT2D eigenvalue weighted by Crippen LogP contribution is -2.20. The number of carbonyl (C=O) groups excluding carboxylic acids is 2. The van der Waals surface area contributed by atoms with Crippen molar-refractivity contribution in [2.24, 2.45) is 0 Å². The van der Waals surface area contributed by atoms with Gasteiger partial charge < -0.3 is 4.90 Å². The van der Waals surface area contributed by atoms with Crippen LogP contribution < -0.4 is 4.90 Å². The SMILES string of the molecule is CC(=O)C1=CCN(c2ccc(C=O)nc2)C=C1. The quantitative estimate of drug-likeness (QED) is 0.739. The van der Waals surface area contributed by atoms with Crippen molar-refractivity contribution in [2.45, 2.75) is 6.92 Å². The number of ketones is 1. The van der Waals surface area contributed by atoms with Crippen molar-refractivity contribution < 1.29 is 9.59 Å². The minimum Gasteiger partial charge on any atom is -0.343 e. The third-order valence-corrected chi connectivity index (χ3v) is 2.57. The number of carbonyl (C=O) groups is 2. The zero-order valence-electron chi connectivity index (χ0n) is 9.46. The molecule has 0 aliphatic carbocycles. The number of hydrogen-bond acceptors (Lipinski definition) is 4. The first-order valence-corrected chi connectivity index (χ1v) is 5.28. The molecule has 0 amide bonds. The molecule has 0 fully saturated rings. The van der Waals surface area contributed by atoms with Gasteiger partial charge in [-0.05, 0) is 25.1 Å². The van der Waals surface area contributed by atoms with E-state index in [0.29, 0.717) is 18.5 Å². The highest BCUT2D eigenvalue weighted by Gasteiger charge is 2.09. The van der Waals surface area contributed by atoms with Crippen LogP contribution in [-0.4, -0.2) is 23.6 Å². The third-order valence-electron chi connectivity index (χ3n) is 2.57. The van der Waals surface area contributed by atoms with Crippen molar-refractivity contribution in [1.29, 1.82) is 0 Å². The zero-order chi connectivity index (χ0) is 12.3. The molecule has 0 spiro atoms. The van der Waals surface area contributed by atoms with Crippen LogP contribution in [0.4, 0.5) is 5.69 Å². The summed E-state index contributed by atoms with van der Waals surface area (Å²) in [5.41, 5.74) is 2.03. The standard InChI is InChI=1S/C13H12N2O2/c1-10(17)11-4-6-15(7-5-11)13-3-2-12(9-16)14-8-13/h2-6,8-9H,7H2,1H3. The molecule has 0 radical (unpaired) electrons. The molecule has 2 rings (SSSR count). The van der Waals surface area contributed by atoms with E-state index in [2.05, 4.69) is 4.98 Å². The summed E-state index contributed by atoms with van der Waals surface area (Å²) in [6.07, 6.45) is 7.84. The van der Waals surface area contributed by atoms with Gasteiger partial charge in [-0.3, -0.25) is 14.6 Å². The van der Waals surface area contributed by atoms with Crippen molar-refractivity contribution >= 4 is 17.8 Å². The Morgan fingerprint density at radius 1 is 1.47 bits per heavy atom. The van der Waals surface area contributed by atoms with Crippen LogP contribution >= 0.6 is 0 Å². The highest BCUT2D eigenvalue weighted by molar-refractivity contribution is 5.96. The van der Waals surface area contributed by atoms with E-state index in [1.165, 1.54) is 0 Å². The predicted octanol–water partition coefficient (Wildman–Crippen LogP) is 1.74. The number of Topliss-reactive ketones (excluding diaryl/α,β-unsaturated/α-hetero) is 1. The van der Waals surface area contributed by atoms with Gasteiger partial charge >= 0.3 is 0 Å². The van der Waals surface area contributed by atoms with Gasteiger partial charge in [0.1, 0.15) is 5.69 Å². The number of nitrogens with zero attached hydrogens (tertiary/aromatic N) is 2. The fraction of sp³-hybridized carbons (Fsp3) is 0.154. The predicted molar refractivity (Wildman–Crippen MR) is 64.9 cm³/mol. The van der Waals surface area contributed by atoms with Crippen molar-refractivity contribution in [3.05, 3.63) is 47.9 Å². The smallest absolute Gasteiger partial charge is 0.168 e. The monoisotopic (exact) mass is 228 g/mol. The van der Waals surface area contributed by atoms with Gasteiger partial charge in [-0.2, -0.15) is 0 Å². The Labute approximate surface area is 99.3 Å². The molecule has 4 heteroatoms. The first-order chi connectivity index (χ1) is 8.20. The molecule has 0 saturated heterocycles. The Hall–Kier alpha value is -2.23. The lowest BCUT2D eigenvalue weighted by Gasteiger charge is -2.21. The molecule has 2 heterocycles. The largest absolute Gasteiger partial charge is 0.343 e. The van der Waals surface area contributed by atoms with Crippen LogP contribution in [0.2, 0.25) is 0 Å². The first-order valence-electron chi connectivity index (χ1n) is 5.28. The van der Waals surface area contributed by atoms with E-state index in [4.69, 9.17) is 0 Å². The Bertz CT molecular complexity index is 501. The van der Waals surface area contributed by atoms with Gasteiger partial charge in [0, 0.05) is 18.3 Å². The molecule has 0 aromatic carbocycles. The molecule has 4 nitrogen and oxygen atoms in total. The first kappa shape index (κ1) is 11.3. The van der Waals surface area contributed by atoms with Gasteiger partial charge in [0.2, 0.25) is 0 Å². The van der Waals surface area contributed by atoms with E-state index in [1.54, 1.807) is 25.3 Å². The van der Waals surface area contributed by atoms with Gasteiger partial charge in [-0.15, -0.1) is 0 Å². The highest BCUT2D eigenvalue weighted by atomic mass is 16.1. The molecule has 1 aliphatic heterocycles. The van der Waals surface area contributed by atoms with Crippen molar-refractivity contribution in [3.8, 4) is 0 Å². The van der Waals surface area contributed by atoms with Crippen molar-refractivity contribution in [1.82, 2.24) is 4.98 Å². The molecule has 17 heavy (non-hydrogen) atoms. The summed E-state index contributed by atoms with van der Waals surface area (Å²) < 4.78 is 0. The maximum atomic E-state index is 11.1. The Balaban J connectivity index is 2.13. The molecule has 0 bridgehead atoms. The maximum absolute atomic E-state index is 11.1. The summed E-state index contributed by atoms with van der Waals surface area (Å²) in [5.74, 6) is 0.0651. The Kier molecular flexibility index (Phi) is 3.14. The molecule has 0 unspecified atom stereocenters. The normalized spacial score (nSPS) is 14.4. The van der Waals surface area contributed by atoms with Crippen LogP contribution in [0.1, 0.15) is 17.4 Å². The van der Waals surface area contributed by atoms with E-state index in [9.17, 15) is 9.59 Å². The topological polar surface area (TPSA) is 50.3 Å². The number of aromatic nitrogens is 1. The van der Waals surface area contributed by atoms with Gasteiger partial charge in [0.05, 0.1) is 11.9 Å². The van der Waals surface area contributed by atoms with Gasteiger partial charge in [0.15, 0.2) is 12.1 Å². The molecule has 1 aromatic rings. The van der Waals surface area contributed by atoms with E-state index in [1.807, 2.05) is 23.2 Å². The fourth-order valence-corrected chi connectivity index (χ4v) is 1.59. The molecule has 1 aliphatic rings. The number of allylic oxidation sites excluding steroid dienone is 2. The number of pyridine rings is 1. The molecule has 0 saturated carbocycles. The second-order valence-corrected chi connectivity index (χ2v) is 3.74. The summed E-state index contributed by atoms with van der Waals surface area (Å²) in [5, 5.41) is 0.